The monoisotopic (exact) mass is 547 g/mol. The number of piperidine rings is 1. The zero-order chi connectivity index (χ0) is 26.4. The van der Waals surface area contributed by atoms with Crippen molar-refractivity contribution in [1.29, 1.82) is 0 Å². The maximum atomic E-state index is 13.4. The van der Waals surface area contributed by atoms with E-state index in [1.807, 2.05) is 55.5 Å². The van der Waals surface area contributed by atoms with Crippen LogP contribution >= 0.6 is 23.2 Å². The summed E-state index contributed by atoms with van der Waals surface area (Å²) in [6.07, 6.45) is 0.945. The Morgan fingerprint density at radius 3 is 2.26 bits per heavy atom. The average molecular weight is 548 g/mol. The summed E-state index contributed by atoms with van der Waals surface area (Å²) in [5.41, 5.74) is 3.60. The lowest BCUT2D eigenvalue weighted by Crippen LogP contribution is -2.43. The van der Waals surface area contributed by atoms with Crippen molar-refractivity contribution >= 4 is 34.8 Å². The van der Waals surface area contributed by atoms with E-state index in [2.05, 4.69) is 4.90 Å². The molecular formula is C29H24Cl2FN5O. The summed E-state index contributed by atoms with van der Waals surface area (Å²) in [6.45, 7) is 2.99. The van der Waals surface area contributed by atoms with Crippen LogP contribution in [-0.2, 0) is 5.60 Å². The molecule has 3 heterocycles. The number of rotatable bonds is 4. The maximum absolute atomic E-state index is 13.4. The quantitative estimate of drug-likeness (QED) is 0.271. The lowest BCUT2D eigenvalue weighted by Gasteiger charge is -2.38. The Balaban J connectivity index is 1.42. The molecule has 1 N–H and O–H groups in total. The number of benzene rings is 3. The SMILES string of the molecule is Cc1nc(N2CCC(O)(c3ccc(F)cc3)CC2)nc2c(-c3ccc(Cl)cc3)c(-c3ccccc3Cl)nn12. The first-order valence-electron chi connectivity index (χ1n) is 12.3. The molecule has 9 heteroatoms. The van der Waals surface area contributed by atoms with Crippen LogP contribution in [0.3, 0.4) is 0 Å². The van der Waals surface area contributed by atoms with Crippen molar-refractivity contribution in [1.82, 2.24) is 19.6 Å². The first kappa shape index (κ1) is 24.8. The average Bonchev–Trinajstić information content (AvgIpc) is 3.30. The summed E-state index contributed by atoms with van der Waals surface area (Å²) in [7, 11) is 0. The number of aromatic nitrogens is 4. The zero-order valence-corrected chi connectivity index (χ0v) is 22.1. The highest BCUT2D eigenvalue weighted by Gasteiger charge is 2.35. The number of aryl methyl sites for hydroxylation is 1. The largest absolute Gasteiger partial charge is 0.385 e. The molecule has 6 rings (SSSR count). The van der Waals surface area contributed by atoms with Gasteiger partial charge in [0, 0.05) is 23.7 Å². The summed E-state index contributed by atoms with van der Waals surface area (Å²) in [5, 5.41) is 17.4. The Morgan fingerprint density at radius 2 is 1.58 bits per heavy atom. The first-order valence-corrected chi connectivity index (χ1v) is 13.1. The van der Waals surface area contributed by atoms with Crippen molar-refractivity contribution in [2.24, 2.45) is 0 Å². The molecule has 0 radical (unpaired) electrons. The minimum Gasteiger partial charge on any atom is -0.385 e. The highest BCUT2D eigenvalue weighted by Crippen LogP contribution is 2.39. The number of hydrogen-bond acceptors (Lipinski definition) is 5. The summed E-state index contributed by atoms with van der Waals surface area (Å²) < 4.78 is 15.1. The van der Waals surface area contributed by atoms with E-state index in [-0.39, 0.29) is 5.82 Å². The van der Waals surface area contributed by atoms with Gasteiger partial charge in [-0.2, -0.15) is 19.6 Å². The van der Waals surface area contributed by atoms with Gasteiger partial charge in [-0.15, -0.1) is 0 Å². The first-order chi connectivity index (χ1) is 18.3. The normalized spacial score (nSPS) is 15.2. The fourth-order valence-electron chi connectivity index (χ4n) is 5.04. The summed E-state index contributed by atoms with van der Waals surface area (Å²) >= 11 is 12.8. The minimum absolute atomic E-state index is 0.319. The molecule has 1 fully saturated rings. The third kappa shape index (κ3) is 4.41. The van der Waals surface area contributed by atoms with E-state index in [4.69, 9.17) is 38.3 Å². The van der Waals surface area contributed by atoms with Gasteiger partial charge in [0.1, 0.15) is 17.3 Å². The lowest BCUT2D eigenvalue weighted by atomic mass is 9.84. The van der Waals surface area contributed by atoms with E-state index in [1.54, 1.807) is 16.6 Å². The van der Waals surface area contributed by atoms with Crippen LogP contribution in [0.2, 0.25) is 10.0 Å². The van der Waals surface area contributed by atoms with Gasteiger partial charge in [0.25, 0.3) is 0 Å². The predicted molar refractivity (Wildman–Crippen MR) is 148 cm³/mol. The minimum atomic E-state index is -1.02. The van der Waals surface area contributed by atoms with E-state index in [0.29, 0.717) is 59.1 Å². The number of hydrogen-bond donors (Lipinski definition) is 1. The molecule has 0 bridgehead atoms. The van der Waals surface area contributed by atoms with Crippen LogP contribution < -0.4 is 4.90 Å². The molecule has 1 aliphatic rings. The van der Waals surface area contributed by atoms with Crippen molar-refractivity contribution in [2.75, 3.05) is 18.0 Å². The highest BCUT2D eigenvalue weighted by atomic mass is 35.5. The van der Waals surface area contributed by atoms with Crippen molar-refractivity contribution in [3.8, 4) is 22.4 Å². The number of fused-ring (bicyclic) bond motifs is 1. The molecule has 5 aromatic rings. The summed E-state index contributed by atoms with van der Waals surface area (Å²) in [6, 6.07) is 21.2. The predicted octanol–water partition coefficient (Wildman–Crippen LogP) is 6.70. The number of aliphatic hydroxyl groups is 1. The van der Waals surface area contributed by atoms with Gasteiger partial charge in [-0.1, -0.05) is 65.7 Å². The van der Waals surface area contributed by atoms with Crippen LogP contribution in [-0.4, -0.2) is 37.8 Å². The van der Waals surface area contributed by atoms with Gasteiger partial charge < -0.3 is 10.0 Å². The molecule has 2 aromatic heterocycles. The van der Waals surface area contributed by atoms with Gasteiger partial charge in [-0.05, 0) is 61.2 Å². The van der Waals surface area contributed by atoms with E-state index >= 15 is 0 Å². The molecule has 0 amide bonds. The molecule has 0 spiro atoms. The molecule has 38 heavy (non-hydrogen) atoms. The Labute approximate surface area is 229 Å². The van der Waals surface area contributed by atoms with Crippen molar-refractivity contribution in [3.05, 3.63) is 100 Å². The van der Waals surface area contributed by atoms with Crippen LogP contribution in [0, 0.1) is 12.7 Å². The van der Waals surface area contributed by atoms with Crippen LogP contribution in [0.1, 0.15) is 24.2 Å². The summed E-state index contributed by atoms with van der Waals surface area (Å²) in [5.74, 6) is 0.926. The Morgan fingerprint density at radius 1 is 0.895 bits per heavy atom. The fourth-order valence-corrected chi connectivity index (χ4v) is 5.39. The standard InChI is InChI=1S/C29H24Cl2FN5O/c1-18-33-28(36-16-14-29(38,15-17-36)20-8-12-22(32)13-9-20)34-27-25(19-6-10-21(30)11-7-19)26(35-37(18)27)23-4-2-3-5-24(23)31/h2-13,38H,14-17H2,1H3. The van der Waals surface area contributed by atoms with Gasteiger partial charge in [0.05, 0.1) is 16.2 Å². The molecule has 0 atom stereocenters. The van der Waals surface area contributed by atoms with Gasteiger partial charge in [0.15, 0.2) is 5.65 Å². The zero-order valence-electron chi connectivity index (χ0n) is 20.6. The van der Waals surface area contributed by atoms with Crippen LogP contribution in [0.25, 0.3) is 28.0 Å². The number of anilines is 1. The van der Waals surface area contributed by atoms with E-state index in [0.717, 1.165) is 22.3 Å². The van der Waals surface area contributed by atoms with Gasteiger partial charge in [-0.25, -0.2) is 4.39 Å². The fraction of sp³-hybridized carbons (Fsp3) is 0.207. The van der Waals surface area contributed by atoms with E-state index in [1.165, 1.54) is 12.1 Å². The van der Waals surface area contributed by atoms with E-state index in [9.17, 15) is 9.50 Å². The smallest absolute Gasteiger partial charge is 0.229 e. The van der Waals surface area contributed by atoms with Crippen LogP contribution in [0.5, 0.6) is 0 Å². The summed E-state index contributed by atoms with van der Waals surface area (Å²) in [4.78, 5) is 11.8. The molecule has 1 saturated heterocycles. The Bertz CT molecular complexity index is 1630. The van der Waals surface area contributed by atoms with Gasteiger partial charge in [0.2, 0.25) is 5.95 Å². The Kier molecular flexibility index (Phi) is 6.30. The number of nitrogens with zero attached hydrogens (tertiary/aromatic N) is 5. The van der Waals surface area contributed by atoms with Crippen molar-refractivity contribution < 1.29 is 9.50 Å². The highest BCUT2D eigenvalue weighted by molar-refractivity contribution is 6.33. The second-order valence-corrected chi connectivity index (χ2v) is 10.4. The van der Waals surface area contributed by atoms with Crippen molar-refractivity contribution in [3.63, 3.8) is 0 Å². The third-order valence-corrected chi connectivity index (χ3v) is 7.73. The Hall–Kier alpha value is -3.52. The van der Waals surface area contributed by atoms with E-state index < -0.39 is 5.60 Å². The topological polar surface area (TPSA) is 66.5 Å². The molecule has 0 unspecified atom stereocenters. The molecule has 0 saturated carbocycles. The molecule has 192 valence electrons. The third-order valence-electron chi connectivity index (χ3n) is 7.15. The second kappa shape index (κ2) is 9.66. The lowest BCUT2D eigenvalue weighted by molar-refractivity contribution is 0.0115. The molecule has 6 nitrogen and oxygen atoms in total. The molecule has 1 aliphatic heterocycles. The molecule has 3 aromatic carbocycles. The van der Waals surface area contributed by atoms with Crippen molar-refractivity contribution in [2.45, 2.75) is 25.4 Å². The maximum Gasteiger partial charge on any atom is 0.229 e. The van der Waals surface area contributed by atoms with Gasteiger partial charge >= 0.3 is 0 Å². The van der Waals surface area contributed by atoms with Crippen LogP contribution in [0.15, 0.2) is 72.8 Å². The van der Waals surface area contributed by atoms with Gasteiger partial charge in [-0.3, -0.25) is 0 Å². The second-order valence-electron chi connectivity index (χ2n) is 9.54. The van der Waals surface area contributed by atoms with Crippen LogP contribution in [0.4, 0.5) is 10.3 Å². The molecular weight excluding hydrogens is 524 g/mol. The molecule has 0 aliphatic carbocycles. The number of halogens is 3.